The van der Waals surface area contributed by atoms with Crippen molar-refractivity contribution >= 4 is 23.5 Å². The van der Waals surface area contributed by atoms with Crippen molar-refractivity contribution in [3.63, 3.8) is 0 Å². The summed E-state index contributed by atoms with van der Waals surface area (Å²) in [6.07, 6.45) is 3.02. The standard InChI is InChI=1S/C20H22N6O2/c1-13(27)18-16(12-25(2)3)9-15-5-4-8-26(19(15)24-18)20(28)23-17-7-6-14(10-21)11-22-17/h6-7,9,11H,4-5,8,12H2,1-3H3,(H,22,23,28). The van der Waals surface area contributed by atoms with Gasteiger partial charge in [-0.15, -0.1) is 0 Å². The second kappa shape index (κ2) is 8.15. The van der Waals surface area contributed by atoms with Crippen LogP contribution in [-0.4, -0.2) is 47.3 Å². The van der Waals surface area contributed by atoms with Gasteiger partial charge in [0, 0.05) is 26.2 Å². The van der Waals surface area contributed by atoms with Crippen LogP contribution in [0.1, 0.15) is 40.5 Å². The Morgan fingerprint density at radius 3 is 2.75 bits per heavy atom. The fourth-order valence-corrected chi connectivity index (χ4v) is 3.22. The molecule has 144 valence electrons. The molecule has 3 rings (SSSR count). The zero-order valence-corrected chi connectivity index (χ0v) is 16.2. The van der Waals surface area contributed by atoms with E-state index in [0.717, 1.165) is 24.0 Å². The van der Waals surface area contributed by atoms with E-state index in [0.29, 0.717) is 36.0 Å². The number of carbonyl (C=O) groups excluding carboxylic acids is 2. The molecule has 0 spiro atoms. The number of nitrogens with zero attached hydrogens (tertiary/aromatic N) is 5. The van der Waals surface area contributed by atoms with Crippen LogP contribution in [0.3, 0.4) is 0 Å². The van der Waals surface area contributed by atoms with Crippen molar-refractivity contribution in [3.8, 4) is 6.07 Å². The van der Waals surface area contributed by atoms with Gasteiger partial charge >= 0.3 is 6.03 Å². The molecular weight excluding hydrogens is 356 g/mol. The SMILES string of the molecule is CC(=O)c1nc2c(cc1CN(C)C)CCCN2C(=O)Nc1ccc(C#N)cn1. The highest BCUT2D eigenvalue weighted by Gasteiger charge is 2.27. The highest BCUT2D eigenvalue weighted by atomic mass is 16.2. The van der Waals surface area contributed by atoms with Crippen LogP contribution in [0.2, 0.25) is 0 Å². The molecule has 0 bridgehead atoms. The summed E-state index contributed by atoms with van der Waals surface area (Å²) in [4.78, 5) is 37.1. The zero-order valence-electron chi connectivity index (χ0n) is 16.2. The number of urea groups is 1. The number of ketones is 1. The minimum atomic E-state index is -0.361. The van der Waals surface area contributed by atoms with Crippen molar-refractivity contribution in [2.75, 3.05) is 30.9 Å². The summed E-state index contributed by atoms with van der Waals surface area (Å²) in [5.41, 5.74) is 2.63. The number of nitrogens with one attached hydrogen (secondary N) is 1. The molecule has 2 aromatic rings. The van der Waals surface area contributed by atoms with E-state index in [-0.39, 0.29) is 11.8 Å². The van der Waals surface area contributed by atoms with Gasteiger partial charge in [-0.2, -0.15) is 5.26 Å². The number of amides is 2. The fraction of sp³-hybridized carbons (Fsp3) is 0.350. The quantitative estimate of drug-likeness (QED) is 0.821. The number of carbonyl (C=O) groups is 2. The van der Waals surface area contributed by atoms with Gasteiger partial charge in [0.15, 0.2) is 5.78 Å². The lowest BCUT2D eigenvalue weighted by Crippen LogP contribution is -2.40. The second-order valence-corrected chi connectivity index (χ2v) is 7.00. The first-order valence-electron chi connectivity index (χ1n) is 9.02. The highest BCUT2D eigenvalue weighted by molar-refractivity contribution is 6.02. The molecule has 1 aliphatic rings. The van der Waals surface area contributed by atoms with Crippen LogP contribution in [0, 0.1) is 11.3 Å². The Labute approximate surface area is 163 Å². The van der Waals surface area contributed by atoms with Crippen molar-refractivity contribution in [1.82, 2.24) is 14.9 Å². The number of pyridine rings is 2. The molecule has 3 heterocycles. The Hall–Kier alpha value is -3.31. The third-order valence-electron chi connectivity index (χ3n) is 4.43. The minimum Gasteiger partial charge on any atom is -0.305 e. The van der Waals surface area contributed by atoms with Crippen molar-refractivity contribution in [1.29, 1.82) is 5.26 Å². The zero-order chi connectivity index (χ0) is 20.3. The molecule has 0 saturated carbocycles. The first-order chi connectivity index (χ1) is 13.4. The van der Waals surface area contributed by atoms with Gasteiger partial charge in [-0.05, 0) is 56.3 Å². The lowest BCUT2D eigenvalue weighted by atomic mass is 10.0. The second-order valence-electron chi connectivity index (χ2n) is 7.00. The van der Waals surface area contributed by atoms with Gasteiger partial charge in [0.05, 0.1) is 5.56 Å². The maximum atomic E-state index is 12.8. The Morgan fingerprint density at radius 2 is 2.14 bits per heavy atom. The molecule has 0 atom stereocenters. The van der Waals surface area contributed by atoms with Crippen LogP contribution < -0.4 is 10.2 Å². The minimum absolute atomic E-state index is 0.126. The van der Waals surface area contributed by atoms with Gasteiger partial charge < -0.3 is 4.90 Å². The van der Waals surface area contributed by atoms with Gasteiger partial charge in [-0.1, -0.05) is 0 Å². The summed E-state index contributed by atoms with van der Waals surface area (Å²) < 4.78 is 0. The topological polar surface area (TPSA) is 102 Å². The number of fused-ring (bicyclic) bond motifs is 1. The smallest absolute Gasteiger partial charge is 0.305 e. The molecule has 28 heavy (non-hydrogen) atoms. The van der Waals surface area contributed by atoms with Gasteiger partial charge in [-0.25, -0.2) is 14.8 Å². The maximum absolute atomic E-state index is 12.8. The molecular formula is C20H22N6O2. The van der Waals surface area contributed by atoms with Gasteiger partial charge in [-0.3, -0.25) is 15.0 Å². The normalized spacial score (nSPS) is 13.0. The van der Waals surface area contributed by atoms with E-state index in [4.69, 9.17) is 5.26 Å². The summed E-state index contributed by atoms with van der Waals surface area (Å²) in [5.74, 6) is 0.747. The number of aryl methyl sites for hydroxylation is 1. The summed E-state index contributed by atoms with van der Waals surface area (Å²) >= 11 is 0. The summed E-state index contributed by atoms with van der Waals surface area (Å²) in [7, 11) is 3.88. The predicted molar refractivity (Wildman–Crippen MR) is 105 cm³/mol. The van der Waals surface area contributed by atoms with E-state index in [1.165, 1.54) is 13.1 Å². The van der Waals surface area contributed by atoms with Crippen molar-refractivity contribution in [3.05, 3.63) is 46.8 Å². The van der Waals surface area contributed by atoms with E-state index < -0.39 is 0 Å². The number of hydrogen-bond donors (Lipinski definition) is 1. The molecule has 1 aliphatic heterocycles. The Kier molecular flexibility index (Phi) is 5.66. The van der Waals surface area contributed by atoms with E-state index in [9.17, 15) is 9.59 Å². The highest BCUT2D eigenvalue weighted by Crippen LogP contribution is 2.28. The third kappa shape index (κ3) is 4.15. The van der Waals surface area contributed by atoms with E-state index in [1.807, 2.05) is 31.1 Å². The number of hydrogen-bond acceptors (Lipinski definition) is 6. The average molecular weight is 378 g/mol. The monoisotopic (exact) mass is 378 g/mol. The number of rotatable bonds is 4. The number of Topliss-reactive ketones (excluding diaryl/α,β-unsaturated/α-hetero) is 1. The first-order valence-corrected chi connectivity index (χ1v) is 9.02. The van der Waals surface area contributed by atoms with E-state index in [1.54, 1.807) is 17.0 Å². The molecule has 2 aromatic heterocycles. The molecule has 0 radical (unpaired) electrons. The molecule has 0 aliphatic carbocycles. The Balaban J connectivity index is 1.90. The lowest BCUT2D eigenvalue weighted by Gasteiger charge is -2.29. The fourth-order valence-electron chi connectivity index (χ4n) is 3.22. The first kappa shape index (κ1) is 19.5. The summed E-state index contributed by atoms with van der Waals surface area (Å²) in [6, 6.07) is 6.78. The van der Waals surface area contributed by atoms with Gasteiger partial charge in [0.2, 0.25) is 0 Å². The van der Waals surface area contributed by atoms with E-state index in [2.05, 4.69) is 15.3 Å². The van der Waals surface area contributed by atoms with Crippen molar-refractivity contribution in [2.45, 2.75) is 26.3 Å². The molecule has 8 heteroatoms. The van der Waals surface area contributed by atoms with Crippen molar-refractivity contribution < 1.29 is 9.59 Å². The summed E-state index contributed by atoms with van der Waals surface area (Å²) in [6.45, 7) is 2.60. The van der Waals surface area contributed by atoms with Gasteiger partial charge in [0.25, 0.3) is 0 Å². The van der Waals surface area contributed by atoms with Crippen LogP contribution in [0.4, 0.5) is 16.4 Å². The Morgan fingerprint density at radius 1 is 1.36 bits per heavy atom. The van der Waals surface area contributed by atoms with Crippen molar-refractivity contribution in [2.24, 2.45) is 0 Å². The van der Waals surface area contributed by atoms with Crippen LogP contribution in [0.15, 0.2) is 24.4 Å². The van der Waals surface area contributed by atoms with Crippen LogP contribution in [0.25, 0.3) is 0 Å². The number of anilines is 2. The average Bonchev–Trinajstić information content (AvgIpc) is 2.66. The van der Waals surface area contributed by atoms with Crippen LogP contribution >= 0.6 is 0 Å². The molecule has 8 nitrogen and oxygen atoms in total. The molecule has 2 amide bonds. The maximum Gasteiger partial charge on any atom is 0.328 e. The predicted octanol–water partition coefficient (Wildman–Crippen LogP) is 2.60. The van der Waals surface area contributed by atoms with Gasteiger partial charge in [0.1, 0.15) is 23.4 Å². The lowest BCUT2D eigenvalue weighted by molar-refractivity contribution is 0.101. The third-order valence-corrected chi connectivity index (χ3v) is 4.43. The molecule has 0 aromatic carbocycles. The largest absolute Gasteiger partial charge is 0.328 e. The van der Waals surface area contributed by atoms with Crippen LogP contribution in [0.5, 0.6) is 0 Å². The molecule has 0 unspecified atom stereocenters. The molecule has 0 saturated heterocycles. The van der Waals surface area contributed by atoms with Crippen LogP contribution in [-0.2, 0) is 13.0 Å². The number of aromatic nitrogens is 2. The van der Waals surface area contributed by atoms with E-state index >= 15 is 0 Å². The molecule has 0 fully saturated rings. The Bertz CT molecular complexity index is 946. The number of nitriles is 1. The molecule has 1 N–H and O–H groups in total. The summed E-state index contributed by atoms with van der Waals surface area (Å²) in [5, 5.41) is 11.6.